The number of carboxylic acid groups (broad SMARTS) is 1. The van der Waals surface area contributed by atoms with Crippen LogP contribution in [0.3, 0.4) is 0 Å². The Balaban J connectivity index is 1.42. The third-order valence-corrected chi connectivity index (χ3v) is 7.49. The number of anilines is 2. The highest BCUT2D eigenvalue weighted by molar-refractivity contribution is 7.16. The first kappa shape index (κ1) is 25.7. The summed E-state index contributed by atoms with van der Waals surface area (Å²) in [6, 6.07) is 17.7. The number of amides is 1. The summed E-state index contributed by atoms with van der Waals surface area (Å²) in [4.78, 5) is 32.8. The van der Waals surface area contributed by atoms with Gasteiger partial charge < -0.3 is 14.7 Å². The zero-order valence-corrected chi connectivity index (χ0v) is 22.1. The topological polar surface area (TPSA) is 91.3 Å². The summed E-state index contributed by atoms with van der Waals surface area (Å²) in [6.45, 7) is 5.21. The molecule has 9 heteroatoms. The van der Waals surface area contributed by atoms with Gasteiger partial charge in [-0.05, 0) is 36.6 Å². The van der Waals surface area contributed by atoms with Crippen molar-refractivity contribution in [2.24, 2.45) is 0 Å². The average Bonchev–Trinajstić information content (AvgIpc) is 3.68. The van der Waals surface area contributed by atoms with Crippen LogP contribution in [0, 0.1) is 6.92 Å². The van der Waals surface area contributed by atoms with E-state index in [-0.39, 0.29) is 11.5 Å². The third-order valence-electron chi connectivity index (χ3n) is 6.42. The standard InChI is InChI=1S/C29H29N3O5S/c1-3-6-27(33)31(28-24(29(34)35)15-19(2)38-28)16-20-9-11-21(12-10-20)23-7-4-5-8-25(23)32-26(18-37-30-32)22-13-14-36-17-22/h4-5,7-13,15,18,30H,3,6,14,16-17H2,1-2H3,(H,34,35). The van der Waals surface area contributed by atoms with Crippen LogP contribution in [-0.2, 0) is 20.9 Å². The number of nitrogens with zero attached hydrogens (tertiary/aromatic N) is 2. The normalized spacial score (nSPS) is 14.7. The van der Waals surface area contributed by atoms with Crippen molar-refractivity contribution in [2.45, 2.75) is 33.2 Å². The van der Waals surface area contributed by atoms with Crippen molar-refractivity contribution < 1.29 is 24.3 Å². The zero-order valence-electron chi connectivity index (χ0n) is 21.3. The number of hydrogen-bond acceptors (Lipinski definition) is 7. The van der Waals surface area contributed by atoms with Crippen molar-refractivity contribution in [3.63, 3.8) is 0 Å². The first-order chi connectivity index (χ1) is 18.5. The Labute approximate surface area is 225 Å². The maximum absolute atomic E-state index is 13.0. The van der Waals surface area contributed by atoms with Crippen LogP contribution in [0.15, 0.2) is 78.2 Å². The van der Waals surface area contributed by atoms with Crippen molar-refractivity contribution in [3.8, 4) is 11.1 Å². The molecule has 2 N–H and O–H groups in total. The molecule has 0 radical (unpaired) electrons. The molecule has 3 heterocycles. The summed E-state index contributed by atoms with van der Waals surface area (Å²) in [5, 5.41) is 12.1. The fourth-order valence-electron chi connectivity index (χ4n) is 4.56. The number of carboxylic acids is 1. The smallest absolute Gasteiger partial charge is 0.338 e. The Morgan fingerprint density at radius 1 is 1.16 bits per heavy atom. The van der Waals surface area contributed by atoms with Gasteiger partial charge in [0.15, 0.2) is 0 Å². The van der Waals surface area contributed by atoms with Gasteiger partial charge in [0, 0.05) is 22.4 Å². The molecule has 196 valence electrons. The van der Waals surface area contributed by atoms with Crippen molar-refractivity contribution in [2.75, 3.05) is 23.1 Å². The zero-order chi connectivity index (χ0) is 26.6. The van der Waals surface area contributed by atoms with E-state index in [9.17, 15) is 14.7 Å². The molecule has 0 saturated heterocycles. The molecule has 3 aromatic rings. The molecule has 2 aliphatic heterocycles. The molecule has 8 nitrogen and oxygen atoms in total. The molecule has 2 aliphatic rings. The number of aromatic carboxylic acids is 1. The van der Waals surface area contributed by atoms with Crippen molar-refractivity contribution in [3.05, 3.63) is 94.2 Å². The van der Waals surface area contributed by atoms with E-state index in [2.05, 4.69) is 5.59 Å². The Bertz CT molecular complexity index is 1410. The van der Waals surface area contributed by atoms with E-state index < -0.39 is 5.97 Å². The summed E-state index contributed by atoms with van der Waals surface area (Å²) < 4.78 is 5.50. The number of aryl methyl sites for hydroxylation is 1. The number of thiophene rings is 1. The van der Waals surface area contributed by atoms with E-state index in [1.807, 2.05) is 73.5 Å². The van der Waals surface area contributed by atoms with Crippen LogP contribution >= 0.6 is 11.3 Å². The molecule has 1 aromatic heterocycles. The minimum absolute atomic E-state index is 0.0871. The van der Waals surface area contributed by atoms with Gasteiger partial charge in [-0.25, -0.2) is 9.80 Å². The summed E-state index contributed by atoms with van der Waals surface area (Å²) in [7, 11) is 0. The Kier molecular flexibility index (Phi) is 7.59. The number of para-hydroxylation sites is 1. The summed E-state index contributed by atoms with van der Waals surface area (Å²) in [5.74, 6) is -1.12. The maximum Gasteiger partial charge on any atom is 0.338 e. The number of hydrazine groups is 1. The molecular formula is C29H29N3O5S. The number of benzene rings is 2. The predicted molar refractivity (Wildman–Crippen MR) is 148 cm³/mol. The quantitative estimate of drug-likeness (QED) is 0.360. The fourth-order valence-corrected chi connectivity index (χ4v) is 5.58. The second-order valence-corrected chi connectivity index (χ2v) is 10.4. The van der Waals surface area contributed by atoms with E-state index >= 15 is 0 Å². The lowest BCUT2D eigenvalue weighted by Crippen LogP contribution is -2.32. The number of carbonyl (C=O) groups excluding carboxylic acids is 1. The molecule has 5 rings (SSSR count). The summed E-state index contributed by atoms with van der Waals surface area (Å²) >= 11 is 1.33. The van der Waals surface area contributed by atoms with Gasteiger partial charge in [0.05, 0.1) is 31.0 Å². The lowest BCUT2D eigenvalue weighted by molar-refractivity contribution is -0.118. The molecule has 1 amide bonds. The molecule has 0 aliphatic carbocycles. The number of hydrogen-bond donors (Lipinski definition) is 2. The van der Waals surface area contributed by atoms with Gasteiger partial charge in [-0.1, -0.05) is 61.1 Å². The minimum atomic E-state index is -1.03. The second kappa shape index (κ2) is 11.2. The molecule has 0 unspecified atom stereocenters. The summed E-state index contributed by atoms with van der Waals surface area (Å²) in [6.07, 6.45) is 4.76. The lowest BCUT2D eigenvalue weighted by Gasteiger charge is -2.24. The monoisotopic (exact) mass is 531 g/mol. The van der Waals surface area contributed by atoms with Crippen LogP contribution in [-0.4, -0.2) is 30.2 Å². The lowest BCUT2D eigenvalue weighted by atomic mass is 10.0. The van der Waals surface area contributed by atoms with Crippen LogP contribution in [0.4, 0.5) is 10.7 Å². The van der Waals surface area contributed by atoms with Gasteiger partial charge in [-0.2, -0.15) is 0 Å². The van der Waals surface area contributed by atoms with Crippen LogP contribution < -0.4 is 15.5 Å². The molecule has 0 saturated carbocycles. The summed E-state index contributed by atoms with van der Waals surface area (Å²) in [5.41, 5.74) is 8.92. The van der Waals surface area contributed by atoms with Crippen LogP contribution in [0.5, 0.6) is 0 Å². The number of ether oxygens (including phenoxy) is 1. The van der Waals surface area contributed by atoms with Gasteiger partial charge in [0.25, 0.3) is 0 Å². The van der Waals surface area contributed by atoms with Gasteiger partial charge in [-0.3, -0.25) is 9.69 Å². The van der Waals surface area contributed by atoms with E-state index in [0.29, 0.717) is 37.6 Å². The number of nitrogens with one attached hydrogen (secondary N) is 1. The molecule has 0 atom stereocenters. The maximum atomic E-state index is 13.0. The third kappa shape index (κ3) is 5.22. The Morgan fingerprint density at radius 2 is 1.95 bits per heavy atom. The largest absolute Gasteiger partial charge is 0.478 e. The SMILES string of the molecule is CCCC(=O)N(Cc1ccc(-c2ccccc2N2NOC=C2C2=CCOC2)cc1)c1sc(C)cc1C(=O)O. The predicted octanol–water partition coefficient (Wildman–Crippen LogP) is 5.81. The number of rotatable bonds is 9. The van der Waals surface area contributed by atoms with E-state index in [4.69, 9.17) is 9.57 Å². The van der Waals surface area contributed by atoms with E-state index in [1.165, 1.54) is 11.3 Å². The molecule has 38 heavy (non-hydrogen) atoms. The first-order valence-electron chi connectivity index (χ1n) is 12.5. The molecular weight excluding hydrogens is 502 g/mol. The first-order valence-corrected chi connectivity index (χ1v) is 13.3. The highest BCUT2D eigenvalue weighted by Gasteiger charge is 2.27. The minimum Gasteiger partial charge on any atom is -0.478 e. The average molecular weight is 532 g/mol. The van der Waals surface area contributed by atoms with Crippen molar-refractivity contribution in [1.82, 2.24) is 5.59 Å². The van der Waals surface area contributed by atoms with Gasteiger partial charge in [0.2, 0.25) is 5.91 Å². The molecule has 2 aromatic carbocycles. The van der Waals surface area contributed by atoms with Gasteiger partial charge in [0.1, 0.15) is 17.0 Å². The van der Waals surface area contributed by atoms with Crippen molar-refractivity contribution >= 4 is 33.9 Å². The molecule has 0 spiro atoms. The highest BCUT2D eigenvalue weighted by atomic mass is 32.1. The molecule has 0 fully saturated rings. The Morgan fingerprint density at radius 3 is 2.66 bits per heavy atom. The van der Waals surface area contributed by atoms with Crippen LogP contribution in [0.25, 0.3) is 11.1 Å². The van der Waals surface area contributed by atoms with Gasteiger partial charge >= 0.3 is 5.97 Å². The second-order valence-electron chi connectivity index (χ2n) is 9.12. The van der Waals surface area contributed by atoms with E-state index in [1.54, 1.807) is 17.2 Å². The van der Waals surface area contributed by atoms with Crippen LogP contribution in [0.1, 0.15) is 40.6 Å². The Hall–Kier alpha value is -3.92. The number of carbonyl (C=O) groups is 2. The van der Waals surface area contributed by atoms with E-state index in [0.717, 1.165) is 38.5 Å². The fraction of sp³-hybridized carbons (Fsp3) is 0.241. The molecule has 0 bridgehead atoms. The van der Waals surface area contributed by atoms with Crippen LogP contribution in [0.2, 0.25) is 0 Å². The van der Waals surface area contributed by atoms with Gasteiger partial charge in [-0.15, -0.1) is 11.3 Å². The van der Waals surface area contributed by atoms with Crippen molar-refractivity contribution in [1.29, 1.82) is 0 Å². The highest BCUT2D eigenvalue weighted by Crippen LogP contribution is 2.36.